The number of nitriles is 2. The number of anilines is 1. The fraction of sp³-hybridized carbons (Fsp3) is 0.158. The number of carbonyl (C=O) groups is 1. The molecule has 4 heterocycles. The van der Waals surface area contributed by atoms with Crippen molar-refractivity contribution in [2.24, 2.45) is 0 Å². The molecule has 130 valence electrons. The van der Waals surface area contributed by atoms with E-state index in [2.05, 4.69) is 21.1 Å². The number of amides is 1. The van der Waals surface area contributed by atoms with Crippen molar-refractivity contribution in [1.82, 2.24) is 19.7 Å². The van der Waals surface area contributed by atoms with Crippen molar-refractivity contribution in [2.45, 2.75) is 20.0 Å². The molecule has 0 radical (unpaired) electrons. The van der Waals surface area contributed by atoms with Crippen molar-refractivity contribution in [1.29, 1.82) is 10.5 Å². The molecule has 8 nitrogen and oxygen atoms in total. The van der Waals surface area contributed by atoms with Crippen molar-refractivity contribution in [3.8, 4) is 23.4 Å². The summed E-state index contributed by atoms with van der Waals surface area (Å²) in [6.45, 7) is 2.32. The lowest BCUT2D eigenvalue weighted by atomic mass is 10.0. The van der Waals surface area contributed by atoms with E-state index in [4.69, 9.17) is 10.5 Å². The molecule has 0 unspecified atom stereocenters. The van der Waals surface area contributed by atoms with Gasteiger partial charge in [0.25, 0.3) is 5.91 Å². The van der Waals surface area contributed by atoms with Gasteiger partial charge in [-0.05, 0) is 24.6 Å². The molecule has 0 fully saturated rings. The van der Waals surface area contributed by atoms with E-state index in [-0.39, 0.29) is 12.5 Å². The van der Waals surface area contributed by atoms with E-state index in [0.29, 0.717) is 34.7 Å². The van der Waals surface area contributed by atoms with Gasteiger partial charge in [0.15, 0.2) is 0 Å². The third kappa shape index (κ3) is 2.79. The van der Waals surface area contributed by atoms with Crippen LogP contribution in [-0.2, 0) is 13.1 Å². The van der Waals surface area contributed by atoms with Gasteiger partial charge < -0.3 is 0 Å². The monoisotopic (exact) mass is 355 g/mol. The van der Waals surface area contributed by atoms with Crippen LogP contribution < -0.4 is 4.90 Å². The zero-order valence-corrected chi connectivity index (χ0v) is 14.4. The molecule has 3 aromatic rings. The number of fused-ring (bicyclic) bond motifs is 1. The molecule has 0 saturated carbocycles. The first-order valence-corrected chi connectivity index (χ1v) is 8.18. The Labute approximate surface area is 154 Å². The van der Waals surface area contributed by atoms with E-state index in [1.807, 2.05) is 19.1 Å². The van der Waals surface area contributed by atoms with Crippen LogP contribution in [0.4, 0.5) is 5.69 Å². The van der Waals surface area contributed by atoms with E-state index in [9.17, 15) is 4.79 Å². The molecule has 0 spiro atoms. The number of rotatable bonds is 3. The van der Waals surface area contributed by atoms with Crippen LogP contribution in [0.1, 0.15) is 27.2 Å². The summed E-state index contributed by atoms with van der Waals surface area (Å²) in [5.74, 6) is -0.137. The average Bonchev–Trinajstić information content (AvgIpc) is 3.26. The summed E-state index contributed by atoms with van der Waals surface area (Å²) in [4.78, 5) is 23.2. The number of hydrogen-bond acceptors (Lipinski definition) is 6. The Morgan fingerprint density at radius 2 is 2.07 bits per heavy atom. The standard InChI is InChI=1S/C19H13N7O/c1-12-4-16(14-5-13(6-21)7-22-8-14)24-17-11-26(19(27)18(12)17)15-9-23-25(10-15)3-2-20/h4-5,7-10H,3,11H2,1H3. The average molecular weight is 355 g/mol. The highest BCUT2D eigenvalue weighted by Crippen LogP contribution is 2.31. The van der Waals surface area contributed by atoms with Gasteiger partial charge in [0.05, 0.1) is 47.0 Å². The molecule has 0 aliphatic carbocycles. The maximum absolute atomic E-state index is 12.9. The second kappa shape index (κ2) is 6.36. The van der Waals surface area contributed by atoms with E-state index >= 15 is 0 Å². The Balaban J connectivity index is 1.72. The summed E-state index contributed by atoms with van der Waals surface area (Å²) >= 11 is 0. The van der Waals surface area contributed by atoms with Crippen LogP contribution in [0.2, 0.25) is 0 Å². The molecule has 0 saturated heterocycles. The highest BCUT2D eigenvalue weighted by Gasteiger charge is 2.32. The van der Waals surface area contributed by atoms with Crippen LogP contribution in [0.3, 0.4) is 0 Å². The van der Waals surface area contributed by atoms with Crippen LogP contribution in [-0.4, -0.2) is 25.7 Å². The highest BCUT2D eigenvalue weighted by molar-refractivity contribution is 6.10. The van der Waals surface area contributed by atoms with Gasteiger partial charge in [-0.25, -0.2) is 0 Å². The summed E-state index contributed by atoms with van der Waals surface area (Å²) in [6.07, 6.45) is 6.38. The van der Waals surface area contributed by atoms with Gasteiger partial charge in [-0.15, -0.1) is 0 Å². The molecule has 0 N–H and O–H groups in total. The largest absolute Gasteiger partial charge is 0.299 e. The Kier molecular flexibility index (Phi) is 3.87. The minimum absolute atomic E-state index is 0.124. The summed E-state index contributed by atoms with van der Waals surface area (Å²) in [6, 6.07) is 7.64. The summed E-state index contributed by atoms with van der Waals surface area (Å²) in [7, 11) is 0. The number of nitrogens with zero attached hydrogens (tertiary/aromatic N) is 7. The first kappa shape index (κ1) is 16.4. The number of aromatic nitrogens is 4. The Morgan fingerprint density at radius 1 is 1.22 bits per heavy atom. The lowest BCUT2D eigenvalue weighted by Crippen LogP contribution is -2.22. The van der Waals surface area contributed by atoms with Crippen LogP contribution in [0.25, 0.3) is 11.3 Å². The zero-order chi connectivity index (χ0) is 19.0. The third-order valence-corrected chi connectivity index (χ3v) is 4.39. The summed E-state index contributed by atoms with van der Waals surface area (Å²) < 4.78 is 1.48. The normalized spacial score (nSPS) is 12.6. The molecular formula is C19H13N7O. The molecule has 1 aliphatic rings. The Bertz CT molecular complexity index is 1150. The summed E-state index contributed by atoms with van der Waals surface area (Å²) in [5, 5.41) is 21.9. The molecule has 0 atom stereocenters. The fourth-order valence-corrected chi connectivity index (χ4v) is 3.15. The number of hydrogen-bond donors (Lipinski definition) is 0. The Hall–Kier alpha value is -4.04. The number of carbonyl (C=O) groups excluding carboxylic acids is 1. The fourth-order valence-electron chi connectivity index (χ4n) is 3.15. The van der Waals surface area contributed by atoms with Crippen molar-refractivity contribution in [3.05, 3.63) is 59.3 Å². The van der Waals surface area contributed by atoms with Crippen LogP contribution in [0.5, 0.6) is 0 Å². The Morgan fingerprint density at radius 3 is 2.85 bits per heavy atom. The van der Waals surface area contributed by atoms with Crippen LogP contribution in [0.15, 0.2) is 36.9 Å². The number of pyridine rings is 2. The first-order valence-electron chi connectivity index (χ1n) is 8.18. The zero-order valence-electron chi connectivity index (χ0n) is 14.4. The summed E-state index contributed by atoms with van der Waals surface area (Å²) in [5.41, 5.74) is 4.55. The molecule has 27 heavy (non-hydrogen) atoms. The molecule has 8 heteroatoms. The van der Waals surface area contributed by atoms with E-state index in [0.717, 1.165) is 11.1 Å². The van der Waals surface area contributed by atoms with E-state index in [1.165, 1.54) is 10.9 Å². The molecule has 4 rings (SSSR count). The second-order valence-electron chi connectivity index (χ2n) is 6.17. The lowest BCUT2D eigenvalue weighted by Gasteiger charge is -2.11. The van der Waals surface area contributed by atoms with Crippen molar-refractivity contribution < 1.29 is 4.79 Å². The molecule has 1 aliphatic heterocycles. The molecular weight excluding hydrogens is 342 g/mol. The van der Waals surface area contributed by atoms with Gasteiger partial charge >= 0.3 is 0 Å². The van der Waals surface area contributed by atoms with E-state index < -0.39 is 0 Å². The van der Waals surface area contributed by atoms with Gasteiger partial charge in [0.2, 0.25) is 0 Å². The smallest absolute Gasteiger partial charge is 0.260 e. The topological polar surface area (TPSA) is 111 Å². The van der Waals surface area contributed by atoms with Crippen LogP contribution in [0, 0.1) is 29.6 Å². The second-order valence-corrected chi connectivity index (χ2v) is 6.17. The van der Waals surface area contributed by atoms with Gasteiger partial charge in [-0.3, -0.25) is 24.3 Å². The highest BCUT2D eigenvalue weighted by atomic mass is 16.2. The van der Waals surface area contributed by atoms with Gasteiger partial charge in [-0.2, -0.15) is 15.6 Å². The van der Waals surface area contributed by atoms with Crippen LogP contribution >= 0.6 is 0 Å². The number of aryl methyl sites for hydroxylation is 1. The van der Waals surface area contributed by atoms with Gasteiger partial charge in [0.1, 0.15) is 12.6 Å². The molecule has 1 amide bonds. The minimum atomic E-state index is -0.137. The minimum Gasteiger partial charge on any atom is -0.299 e. The maximum atomic E-state index is 12.9. The van der Waals surface area contributed by atoms with Gasteiger partial charge in [0, 0.05) is 24.2 Å². The first-order chi connectivity index (χ1) is 13.1. The SMILES string of the molecule is Cc1cc(-c2cncc(C#N)c2)nc2c1C(=O)N(c1cnn(CC#N)c1)C2. The predicted octanol–water partition coefficient (Wildman–Crippen LogP) is 2.20. The van der Waals surface area contributed by atoms with E-state index in [1.54, 1.807) is 29.6 Å². The third-order valence-electron chi connectivity index (χ3n) is 4.39. The lowest BCUT2D eigenvalue weighted by molar-refractivity contribution is 0.0996. The van der Waals surface area contributed by atoms with Crippen molar-refractivity contribution in [2.75, 3.05) is 4.90 Å². The molecule has 3 aromatic heterocycles. The molecule has 0 bridgehead atoms. The molecule has 0 aromatic carbocycles. The maximum Gasteiger partial charge on any atom is 0.260 e. The van der Waals surface area contributed by atoms with Gasteiger partial charge in [-0.1, -0.05) is 0 Å². The van der Waals surface area contributed by atoms with Crippen molar-refractivity contribution in [3.63, 3.8) is 0 Å². The predicted molar refractivity (Wildman–Crippen MR) is 95.3 cm³/mol. The van der Waals surface area contributed by atoms with Crippen molar-refractivity contribution >= 4 is 11.6 Å². The quantitative estimate of drug-likeness (QED) is 0.712.